The molecule has 3 nitrogen and oxygen atoms in total. The summed E-state index contributed by atoms with van der Waals surface area (Å²) in [5.74, 6) is 0. The van der Waals surface area contributed by atoms with Crippen LogP contribution < -0.4 is 0 Å². The van der Waals surface area contributed by atoms with Crippen molar-refractivity contribution in [2.75, 3.05) is 0 Å². The standard InChI is InChI=1S/C7H3Cl2N3/c8-6-5(2-1-3-10)7(9)12-4-11-6/h1-2,4H. The van der Waals surface area contributed by atoms with Gasteiger partial charge in [0, 0.05) is 6.08 Å². The molecular formula is C7H3Cl2N3. The van der Waals surface area contributed by atoms with Gasteiger partial charge in [-0.25, -0.2) is 9.97 Å². The highest BCUT2D eigenvalue weighted by Crippen LogP contribution is 2.20. The van der Waals surface area contributed by atoms with Gasteiger partial charge in [-0.05, 0) is 6.08 Å². The van der Waals surface area contributed by atoms with Crippen LogP contribution in [0.5, 0.6) is 0 Å². The summed E-state index contributed by atoms with van der Waals surface area (Å²) in [5.41, 5.74) is 0.461. The second-order valence-corrected chi connectivity index (χ2v) is 2.55. The van der Waals surface area contributed by atoms with E-state index in [9.17, 15) is 0 Å². The van der Waals surface area contributed by atoms with Crippen LogP contribution in [0.15, 0.2) is 12.4 Å². The molecule has 5 heteroatoms. The van der Waals surface area contributed by atoms with Crippen LogP contribution in [0, 0.1) is 11.3 Å². The van der Waals surface area contributed by atoms with Gasteiger partial charge < -0.3 is 0 Å². The molecule has 1 rings (SSSR count). The molecule has 0 bridgehead atoms. The van der Waals surface area contributed by atoms with E-state index in [1.54, 1.807) is 0 Å². The van der Waals surface area contributed by atoms with E-state index in [-0.39, 0.29) is 10.3 Å². The fraction of sp³-hybridized carbons (Fsp3) is 0. The molecule has 0 radical (unpaired) electrons. The van der Waals surface area contributed by atoms with E-state index >= 15 is 0 Å². The first-order valence-electron chi connectivity index (χ1n) is 2.98. The number of nitriles is 1. The molecule has 0 aromatic carbocycles. The molecule has 60 valence electrons. The van der Waals surface area contributed by atoms with Gasteiger partial charge in [-0.1, -0.05) is 23.2 Å². The highest BCUT2D eigenvalue weighted by atomic mass is 35.5. The summed E-state index contributed by atoms with van der Waals surface area (Å²) in [6, 6.07) is 1.82. The van der Waals surface area contributed by atoms with Gasteiger partial charge in [0.1, 0.15) is 16.6 Å². The van der Waals surface area contributed by atoms with Crippen LogP contribution in [-0.4, -0.2) is 9.97 Å². The van der Waals surface area contributed by atoms with Gasteiger partial charge in [0.25, 0.3) is 0 Å². The topological polar surface area (TPSA) is 49.6 Å². The van der Waals surface area contributed by atoms with Crippen LogP contribution in [0.1, 0.15) is 5.56 Å². The number of nitrogens with zero attached hydrogens (tertiary/aromatic N) is 3. The summed E-state index contributed by atoms with van der Waals surface area (Å²) >= 11 is 11.3. The molecule has 0 saturated carbocycles. The summed E-state index contributed by atoms with van der Waals surface area (Å²) in [6.07, 6.45) is 3.98. The Kier molecular flexibility index (Phi) is 3.03. The minimum Gasteiger partial charge on any atom is -0.224 e. The Morgan fingerprint density at radius 3 is 2.42 bits per heavy atom. The quantitative estimate of drug-likeness (QED) is 0.516. The van der Waals surface area contributed by atoms with Crippen molar-refractivity contribution in [3.05, 3.63) is 28.3 Å². The molecule has 0 unspecified atom stereocenters. The van der Waals surface area contributed by atoms with Gasteiger partial charge in [0.2, 0.25) is 0 Å². The number of hydrogen-bond acceptors (Lipinski definition) is 3. The number of rotatable bonds is 1. The average molecular weight is 200 g/mol. The first kappa shape index (κ1) is 8.98. The van der Waals surface area contributed by atoms with Crippen LogP contribution in [0.4, 0.5) is 0 Å². The average Bonchev–Trinajstić information content (AvgIpc) is 2.04. The summed E-state index contributed by atoms with van der Waals surface area (Å²) in [5, 5.41) is 8.72. The number of hydrogen-bond donors (Lipinski definition) is 0. The second-order valence-electron chi connectivity index (χ2n) is 1.83. The minimum absolute atomic E-state index is 0.238. The Bertz CT molecular complexity index is 334. The highest BCUT2D eigenvalue weighted by molar-refractivity contribution is 6.35. The molecule has 0 atom stereocenters. The third-order valence-electron chi connectivity index (χ3n) is 1.11. The molecule has 0 amide bonds. The summed E-state index contributed by atoms with van der Waals surface area (Å²) in [6.45, 7) is 0. The van der Waals surface area contributed by atoms with Gasteiger partial charge in [0.05, 0.1) is 11.6 Å². The smallest absolute Gasteiger partial charge is 0.141 e. The fourth-order valence-corrected chi connectivity index (χ4v) is 1.05. The fourth-order valence-electron chi connectivity index (χ4n) is 0.613. The Balaban J connectivity index is 3.15. The van der Waals surface area contributed by atoms with E-state index in [1.807, 2.05) is 6.07 Å². The summed E-state index contributed by atoms with van der Waals surface area (Å²) in [7, 11) is 0. The molecule has 0 aliphatic carbocycles. The van der Waals surface area contributed by atoms with Gasteiger partial charge in [-0.15, -0.1) is 0 Å². The normalized spacial score (nSPS) is 10.1. The van der Waals surface area contributed by atoms with Gasteiger partial charge >= 0.3 is 0 Å². The third kappa shape index (κ3) is 1.94. The minimum atomic E-state index is 0.238. The monoisotopic (exact) mass is 199 g/mol. The highest BCUT2D eigenvalue weighted by Gasteiger charge is 2.02. The first-order chi connectivity index (χ1) is 5.75. The lowest BCUT2D eigenvalue weighted by atomic mass is 10.3. The SMILES string of the molecule is N#CC=Cc1c(Cl)ncnc1Cl. The van der Waals surface area contributed by atoms with E-state index in [0.717, 1.165) is 0 Å². The summed E-state index contributed by atoms with van der Waals surface area (Å²) < 4.78 is 0. The van der Waals surface area contributed by atoms with Crippen LogP contribution in [0.25, 0.3) is 6.08 Å². The maximum atomic E-state index is 8.25. The molecule has 0 fully saturated rings. The third-order valence-corrected chi connectivity index (χ3v) is 1.71. The van der Waals surface area contributed by atoms with Crippen LogP contribution in [-0.2, 0) is 0 Å². The molecule has 0 N–H and O–H groups in total. The van der Waals surface area contributed by atoms with Crippen molar-refractivity contribution in [3.63, 3.8) is 0 Å². The van der Waals surface area contributed by atoms with Crippen molar-refractivity contribution in [1.29, 1.82) is 5.26 Å². The maximum absolute atomic E-state index is 8.25. The van der Waals surface area contributed by atoms with Gasteiger partial charge in [0.15, 0.2) is 0 Å². The van der Waals surface area contributed by atoms with Crippen molar-refractivity contribution in [2.24, 2.45) is 0 Å². The molecule has 0 aliphatic heterocycles. The second kappa shape index (κ2) is 4.05. The Morgan fingerprint density at radius 1 is 1.33 bits per heavy atom. The van der Waals surface area contributed by atoms with E-state index < -0.39 is 0 Å². The van der Waals surface area contributed by atoms with E-state index in [0.29, 0.717) is 5.56 Å². The Labute approximate surface area is 79.3 Å². The van der Waals surface area contributed by atoms with E-state index in [4.69, 9.17) is 28.5 Å². The molecule has 0 spiro atoms. The largest absolute Gasteiger partial charge is 0.224 e. The van der Waals surface area contributed by atoms with E-state index in [2.05, 4.69) is 9.97 Å². The zero-order chi connectivity index (χ0) is 8.97. The molecule has 0 aliphatic rings. The molecular weight excluding hydrogens is 197 g/mol. The van der Waals surface area contributed by atoms with Crippen LogP contribution in [0.3, 0.4) is 0 Å². The summed E-state index contributed by atoms with van der Waals surface area (Å²) in [4.78, 5) is 7.40. The molecule has 12 heavy (non-hydrogen) atoms. The lowest BCUT2D eigenvalue weighted by Crippen LogP contribution is -1.85. The van der Waals surface area contributed by atoms with Crippen molar-refractivity contribution in [2.45, 2.75) is 0 Å². The van der Waals surface area contributed by atoms with Gasteiger partial charge in [-0.2, -0.15) is 5.26 Å². The zero-order valence-electron chi connectivity index (χ0n) is 5.83. The number of aromatic nitrogens is 2. The van der Waals surface area contributed by atoms with Crippen molar-refractivity contribution in [1.82, 2.24) is 9.97 Å². The predicted molar refractivity (Wildman–Crippen MR) is 46.7 cm³/mol. The zero-order valence-corrected chi connectivity index (χ0v) is 7.34. The molecule has 1 aromatic heterocycles. The van der Waals surface area contributed by atoms with E-state index in [1.165, 1.54) is 18.5 Å². The Morgan fingerprint density at radius 2 is 1.92 bits per heavy atom. The van der Waals surface area contributed by atoms with Crippen LogP contribution in [0.2, 0.25) is 10.3 Å². The maximum Gasteiger partial charge on any atom is 0.141 e. The molecule has 1 heterocycles. The lowest BCUT2D eigenvalue weighted by Gasteiger charge is -1.96. The number of halogens is 2. The van der Waals surface area contributed by atoms with Crippen molar-refractivity contribution in [3.8, 4) is 6.07 Å². The Hall–Kier alpha value is -1.11. The van der Waals surface area contributed by atoms with Gasteiger partial charge in [-0.3, -0.25) is 0 Å². The first-order valence-corrected chi connectivity index (χ1v) is 3.73. The molecule has 0 saturated heterocycles. The number of allylic oxidation sites excluding steroid dienone is 1. The van der Waals surface area contributed by atoms with Crippen molar-refractivity contribution >= 4 is 29.3 Å². The van der Waals surface area contributed by atoms with Crippen LogP contribution >= 0.6 is 23.2 Å². The van der Waals surface area contributed by atoms with Crippen molar-refractivity contribution < 1.29 is 0 Å². The lowest BCUT2D eigenvalue weighted by molar-refractivity contribution is 1.16. The predicted octanol–water partition coefficient (Wildman–Crippen LogP) is 2.32. The molecule has 1 aromatic rings.